The van der Waals surface area contributed by atoms with Gasteiger partial charge in [-0.15, -0.1) is 0 Å². The SMILES string of the molecule is CCCCCCNCc1ccc(C)o1. The fourth-order valence-electron chi connectivity index (χ4n) is 1.47. The Morgan fingerprint density at radius 3 is 2.71 bits per heavy atom. The summed E-state index contributed by atoms with van der Waals surface area (Å²) in [6, 6.07) is 4.04. The van der Waals surface area contributed by atoms with Gasteiger partial charge in [-0.1, -0.05) is 26.2 Å². The van der Waals surface area contributed by atoms with Crippen molar-refractivity contribution in [2.24, 2.45) is 0 Å². The van der Waals surface area contributed by atoms with Crippen LogP contribution in [0.1, 0.15) is 44.1 Å². The molecule has 0 saturated carbocycles. The molecule has 0 aliphatic carbocycles. The lowest BCUT2D eigenvalue weighted by Gasteiger charge is -2.01. The van der Waals surface area contributed by atoms with Crippen molar-refractivity contribution in [2.45, 2.75) is 46.1 Å². The van der Waals surface area contributed by atoms with E-state index < -0.39 is 0 Å². The number of nitrogens with one attached hydrogen (secondary N) is 1. The Morgan fingerprint density at radius 2 is 2.07 bits per heavy atom. The average molecular weight is 195 g/mol. The van der Waals surface area contributed by atoms with Crippen molar-refractivity contribution in [1.29, 1.82) is 0 Å². The van der Waals surface area contributed by atoms with E-state index in [0.717, 1.165) is 24.6 Å². The molecule has 0 atom stereocenters. The first-order valence-electron chi connectivity index (χ1n) is 5.59. The summed E-state index contributed by atoms with van der Waals surface area (Å²) >= 11 is 0. The second-order valence-corrected chi connectivity index (χ2v) is 3.75. The number of aryl methyl sites for hydroxylation is 1. The van der Waals surface area contributed by atoms with Gasteiger partial charge in [0.05, 0.1) is 6.54 Å². The van der Waals surface area contributed by atoms with Gasteiger partial charge < -0.3 is 9.73 Å². The minimum absolute atomic E-state index is 0.861. The minimum atomic E-state index is 0.861. The van der Waals surface area contributed by atoms with E-state index in [0.29, 0.717) is 0 Å². The molecular weight excluding hydrogens is 174 g/mol. The molecule has 0 radical (unpaired) electrons. The lowest BCUT2D eigenvalue weighted by molar-refractivity contribution is 0.458. The highest BCUT2D eigenvalue weighted by Crippen LogP contribution is 2.05. The molecule has 0 bridgehead atoms. The number of unbranched alkanes of at least 4 members (excludes halogenated alkanes) is 3. The van der Waals surface area contributed by atoms with Crippen LogP contribution in [-0.4, -0.2) is 6.54 Å². The van der Waals surface area contributed by atoms with Crippen LogP contribution in [0.3, 0.4) is 0 Å². The van der Waals surface area contributed by atoms with Gasteiger partial charge in [0.15, 0.2) is 0 Å². The largest absolute Gasteiger partial charge is 0.465 e. The second kappa shape index (κ2) is 6.66. The zero-order valence-corrected chi connectivity index (χ0v) is 9.31. The van der Waals surface area contributed by atoms with Crippen LogP contribution in [0.5, 0.6) is 0 Å². The molecule has 0 unspecified atom stereocenters. The lowest BCUT2D eigenvalue weighted by Crippen LogP contribution is -2.14. The molecule has 0 amide bonds. The molecule has 0 aromatic carbocycles. The Bertz CT molecular complexity index is 242. The fraction of sp³-hybridized carbons (Fsp3) is 0.667. The molecule has 1 rings (SSSR count). The highest BCUT2D eigenvalue weighted by Gasteiger charge is 1.96. The Hall–Kier alpha value is -0.760. The zero-order valence-electron chi connectivity index (χ0n) is 9.31. The molecule has 1 heterocycles. The monoisotopic (exact) mass is 195 g/mol. The minimum Gasteiger partial charge on any atom is -0.465 e. The van der Waals surface area contributed by atoms with Crippen molar-refractivity contribution in [3.63, 3.8) is 0 Å². The van der Waals surface area contributed by atoms with E-state index in [1.54, 1.807) is 0 Å². The van der Waals surface area contributed by atoms with Gasteiger partial charge >= 0.3 is 0 Å². The molecule has 2 heteroatoms. The van der Waals surface area contributed by atoms with Crippen LogP contribution in [-0.2, 0) is 6.54 Å². The standard InChI is InChI=1S/C12H21NO/c1-3-4-5-6-9-13-10-12-8-7-11(2)14-12/h7-8,13H,3-6,9-10H2,1-2H3. The molecule has 14 heavy (non-hydrogen) atoms. The summed E-state index contributed by atoms with van der Waals surface area (Å²) in [6.45, 7) is 6.17. The maximum atomic E-state index is 5.45. The van der Waals surface area contributed by atoms with E-state index in [-0.39, 0.29) is 0 Å². The Balaban J connectivity index is 1.99. The topological polar surface area (TPSA) is 25.2 Å². The molecule has 80 valence electrons. The summed E-state index contributed by atoms with van der Waals surface area (Å²) in [7, 11) is 0. The first-order valence-corrected chi connectivity index (χ1v) is 5.59. The van der Waals surface area contributed by atoms with Gasteiger partial charge in [0.25, 0.3) is 0 Å². The maximum Gasteiger partial charge on any atom is 0.117 e. The van der Waals surface area contributed by atoms with Gasteiger partial charge in [-0.25, -0.2) is 0 Å². The molecule has 0 saturated heterocycles. The van der Waals surface area contributed by atoms with Crippen molar-refractivity contribution in [3.8, 4) is 0 Å². The van der Waals surface area contributed by atoms with Crippen molar-refractivity contribution in [2.75, 3.05) is 6.54 Å². The maximum absolute atomic E-state index is 5.45. The van der Waals surface area contributed by atoms with Gasteiger partial charge in [-0.05, 0) is 32.0 Å². The molecule has 0 fully saturated rings. The Labute approximate surface area is 86.7 Å². The normalized spacial score (nSPS) is 10.7. The van der Waals surface area contributed by atoms with Gasteiger partial charge in [-0.3, -0.25) is 0 Å². The summed E-state index contributed by atoms with van der Waals surface area (Å²) in [5.41, 5.74) is 0. The zero-order chi connectivity index (χ0) is 10.2. The first-order chi connectivity index (χ1) is 6.83. The van der Waals surface area contributed by atoms with Crippen molar-refractivity contribution in [3.05, 3.63) is 23.7 Å². The highest BCUT2D eigenvalue weighted by atomic mass is 16.3. The van der Waals surface area contributed by atoms with E-state index in [1.165, 1.54) is 25.7 Å². The van der Waals surface area contributed by atoms with Crippen LogP contribution in [0.25, 0.3) is 0 Å². The molecule has 1 N–H and O–H groups in total. The van der Waals surface area contributed by atoms with E-state index in [9.17, 15) is 0 Å². The van der Waals surface area contributed by atoms with Crippen LogP contribution in [0.15, 0.2) is 16.5 Å². The molecule has 0 aliphatic rings. The molecular formula is C12H21NO. The Kier molecular flexibility index (Phi) is 5.38. The second-order valence-electron chi connectivity index (χ2n) is 3.75. The third-order valence-corrected chi connectivity index (χ3v) is 2.30. The van der Waals surface area contributed by atoms with Crippen LogP contribution in [0.2, 0.25) is 0 Å². The van der Waals surface area contributed by atoms with Gasteiger partial charge in [-0.2, -0.15) is 0 Å². The summed E-state index contributed by atoms with van der Waals surface area (Å²) in [4.78, 5) is 0. The molecule has 1 aromatic rings. The van der Waals surface area contributed by atoms with E-state index >= 15 is 0 Å². The number of hydrogen-bond acceptors (Lipinski definition) is 2. The quantitative estimate of drug-likeness (QED) is 0.675. The van der Waals surface area contributed by atoms with Crippen LogP contribution in [0.4, 0.5) is 0 Å². The van der Waals surface area contributed by atoms with Gasteiger partial charge in [0.2, 0.25) is 0 Å². The number of hydrogen-bond donors (Lipinski definition) is 1. The molecule has 2 nitrogen and oxygen atoms in total. The van der Waals surface area contributed by atoms with Gasteiger partial charge in [0.1, 0.15) is 11.5 Å². The van der Waals surface area contributed by atoms with Crippen molar-refractivity contribution < 1.29 is 4.42 Å². The third-order valence-electron chi connectivity index (χ3n) is 2.30. The van der Waals surface area contributed by atoms with Crippen LogP contribution >= 0.6 is 0 Å². The summed E-state index contributed by atoms with van der Waals surface area (Å²) in [5, 5.41) is 3.38. The summed E-state index contributed by atoms with van der Waals surface area (Å²) < 4.78 is 5.45. The third kappa shape index (κ3) is 4.47. The lowest BCUT2D eigenvalue weighted by atomic mass is 10.2. The van der Waals surface area contributed by atoms with Crippen LogP contribution in [0, 0.1) is 6.92 Å². The highest BCUT2D eigenvalue weighted by molar-refractivity contribution is 5.04. The molecule has 1 aromatic heterocycles. The Morgan fingerprint density at radius 1 is 1.21 bits per heavy atom. The summed E-state index contributed by atoms with van der Waals surface area (Å²) in [6.07, 6.45) is 5.26. The predicted molar refractivity (Wildman–Crippen MR) is 59.3 cm³/mol. The summed E-state index contributed by atoms with van der Waals surface area (Å²) in [5.74, 6) is 2.03. The molecule has 0 aliphatic heterocycles. The number of rotatable bonds is 7. The van der Waals surface area contributed by atoms with E-state index in [2.05, 4.69) is 12.2 Å². The van der Waals surface area contributed by atoms with Crippen LogP contribution < -0.4 is 5.32 Å². The smallest absolute Gasteiger partial charge is 0.117 e. The van der Waals surface area contributed by atoms with Crippen molar-refractivity contribution in [1.82, 2.24) is 5.32 Å². The average Bonchev–Trinajstić information content (AvgIpc) is 2.58. The van der Waals surface area contributed by atoms with Crippen molar-refractivity contribution >= 4 is 0 Å². The predicted octanol–water partition coefficient (Wildman–Crippen LogP) is 3.26. The fourth-order valence-corrected chi connectivity index (χ4v) is 1.47. The van der Waals surface area contributed by atoms with E-state index in [1.807, 2.05) is 19.1 Å². The number of furan rings is 1. The van der Waals surface area contributed by atoms with E-state index in [4.69, 9.17) is 4.42 Å². The van der Waals surface area contributed by atoms with Gasteiger partial charge in [0, 0.05) is 0 Å². The first kappa shape index (κ1) is 11.3. The molecule has 0 spiro atoms.